The third kappa shape index (κ3) is 3.18. The van der Waals surface area contributed by atoms with Gasteiger partial charge in [0.15, 0.2) is 11.7 Å². The topological polar surface area (TPSA) is 92.4 Å². The third-order valence-corrected chi connectivity index (χ3v) is 4.26. The average molecular weight is 328 g/mol. The minimum absolute atomic E-state index is 0.209. The summed E-state index contributed by atoms with van der Waals surface area (Å²) in [6.07, 6.45) is 3.51. The normalized spacial score (nSPS) is 14.8. The van der Waals surface area contributed by atoms with E-state index in [9.17, 15) is 14.7 Å². The monoisotopic (exact) mass is 328 g/mol. The number of hydrogen-bond donors (Lipinski definition) is 2. The fourth-order valence-electron chi connectivity index (χ4n) is 3.23. The van der Waals surface area contributed by atoms with Crippen LogP contribution in [0.3, 0.4) is 0 Å². The number of carbonyl (C=O) groups excluding carboxylic acids is 1. The number of rotatable bonds is 4. The van der Waals surface area contributed by atoms with Crippen LogP contribution in [0, 0.1) is 13.8 Å². The standard InChI is InChI=1S/C18H20N2O4/c1-10-7-11(2)9-12(8-10)15(18(22)23)19-17(21)16-13-5-3-4-6-14(13)24-20-16/h7-9,15H,3-6H2,1-2H3,(H,19,21)(H,22,23). The maximum Gasteiger partial charge on any atom is 0.330 e. The lowest BCUT2D eigenvalue weighted by atomic mass is 9.96. The summed E-state index contributed by atoms with van der Waals surface area (Å²) < 4.78 is 5.24. The molecule has 1 aliphatic carbocycles. The molecule has 1 amide bonds. The number of carboxylic acids is 1. The highest BCUT2D eigenvalue weighted by molar-refractivity contribution is 5.96. The van der Waals surface area contributed by atoms with Gasteiger partial charge in [-0.05, 0) is 38.7 Å². The van der Waals surface area contributed by atoms with E-state index in [1.807, 2.05) is 19.9 Å². The average Bonchev–Trinajstić information content (AvgIpc) is 2.95. The Balaban J connectivity index is 1.87. The molecule has 1 aromatic heterocycles. The molecule has 126 valence electrons. The number of carbonyl (C=O) groups is 2. The number of hydrogen-bond acceptors (Lipinski definition) is 4. The highest BCUT2D eigenvalue weighted by Crippen LogP contribution is 2.25. The maximum absolute atomic E-state index is 12.5. The lowest BCUT2D eigenvalue weighted by Crippen LogP contribution is -2.34. The number of aryl methyl sites for hydroxylation is 3. The Hall–Kier alpha value is -2.63. The lowest BCUT2D eigenvalue weighted by Gasteiger charge is -2.16. The molecule has 0 radical (unpaired) electrons. The Bertz CT molecular complexity index is 774. The van der Waals surface area contributed by atoms with Gasteiger partial charge >= 0.3 is 5.97 Å². The van der Waals surface area contributed by atoms with Gasteiger partial charge in [-0.3, -0.25) is 4.79 Å². The first-order valence-electron chi connectivity index (χ1n) is 8.05. The maximum atomic E-state index is 12.5. The Labute approximate surface area is 139 Å². The van der Waals surface area contributed by atoms with Crippen LogP contribution in [0.5, 0.6) is 0 Å². The zero-order chi connectivity index (χ0) is 17.3. The highest BCUT2D eigenvalue weighted by Gasteiger charge is 2.28. The number of nitrogens with zero attached hydrogens (tertiary/aromatic N) is 1. The summed E-state index contributed by atoms with van der Waals surface area (Å²) in [6, 6.07) is 4.37. The summed E-state index contributed by atoms with van der Waals surface area (Å²) in [5.74, 6) is -0.871. The Kier molecular flexibility index (Phi) is 4.38. The van der Waals surface area contributed by atoms with Gasteiger partial charge in [-0.25, -0.2) is 4.79 Å². The molecule has 1 atom stereocenters. The largest absolute Gasteiger partial charge is 0.479 e. The molecule has 6 heteroatoms. The fourth-order valence-corrected chi connectivity index (χ4v) is 3.23. The van der Waals surface area contributed by atoms with Gasteiger partial charge in [-0.15, -0.1) is 0 Å². The van der Waals surface area contributed by atoms with Crippen molar-refractivity contribution in [3.05, 3.63) is 51.9 Å². The van der Waals surface area contributed by atoms with Crippen LogP contribution in [0.1, 0.15) is 57.4 Å². The second kappa shape index (κ2) is 6.47. The van der Waals surface area contributed by atoms with Crippen molar-refractivity contribution < 1.29 is 19.2 Å². The van der Waals surface area contributed by atoms with Crippen LogP contribution in [0.4, 0.5) is 0 Å². The lowest BCUT2D eigenvalue weighted by molar-refractivity contribution is -0.139. The molecular formula is C18H20N2O4. The van der Waals surface area contributed by atoms with E-state index >= 15 is 0 Å². The first-order chi connectivity index (χ1) is 11.5. The Morgan fingerprint density at radius 1 is 1.17 bits per heavy atom. The van der Waals surface area contributed by atoms with Crippen molar-refractivity contribution >= 4 is 11.9 Å². The van der Waals surface area contributed by atoms with Gasteiger partial charge in [-0.1, -0.05) is 34.5 Å². The molecule has 6 nitrogen and oxygen atoms in total. The molecule has 1 heterocycles. The van der Waals surface area contributed by atoms with Gasteiger partial charge < -0.3 is 14.9 Å². The molecule has 3 rings (SSSR count). The van der Waals surface area contributed by atoms with E-state index < -0.39 is 17.9 Å². The van der Waals surface area contributed by atoms with Gasteiger partial charge in [-0.2, -0.15) is 0 Å². The van der Waals surface area contributed by atoms with Gasteiger partial charge in [0.1, 0.15) is 5.76 Å². The molecular weight excluding hydrogens is 308 g/mol. The molecule has 1 aliphatic rings. The number of benzene rings is 1. The van der Waals surface area contributed by atoms with E-state index in [4.69, 9.17) is 4.52 Å². The number of nitrogens with one attached hydrogen (secondary N) is 1. The summed E-state index contributed by atoms with van der Waals surface area (Å²) in [7, 11) is 0. The molecule has 0 aliphatic heterocycles. The number of aliphatic carboxylic acids is 1. The quantitative estimate of drug-likeness (QED) is 0.900. The summed E-state index contributed by atoms with van der Waals surface area (Å²) in [5, 5.41) is 16.0. The smallest absolute Gasteiger partial charge is 0.330 e. The fraction of sp³-hybridized carbons (Fsp3) is 0.389. The van der Waals surface area contributed by atoms with E-state index in [1.165, 1.54) is 0 Å². The van der Waals surface area contributed by atoms with Crippen molar-refractivity contribution in [2.24, 2.45) is 0 Å². The van der Waals surface area contributed by atoms with Crippen LogP contribution in [0.2, 0.25) is 0 Å². The summed E-state index contributed by atoms with van der Waals surface area (Å²) in [5.41, 5.74) is 3.46. The molecule has 0 saturated heterocycles. The van der Waals surface area contributed by atoms with Crippen molar-refractivity contribution in [2.75, 3.05) is 0 Å². The molecule has 0 bridgehead atoms. The minimum atomic E-state index is -1.12. The minimum Gasteiger partial charge on any atom is -0.479 e. The van der Waals surface area contributed by atoms with Crippen LogP contribution in [-0.2, 0) is 17.6 Å². The van der Waals surface area contributed by atoms with Crippen molar-refractivity contribution in [1.82, 2.24) is 10.5 Å². The number of carboxylic acid groups (broad SMARTS) is 1. The van der Waals surface area contributed by atoms with Gasteiger partial charge in [0.2, 0.25) is 0 Å². The van der Waals surface area contributed by atoms with Crippen LogP contribution >= 0.6 is 0 Å². The van der Waals surface area contributed by atoms with E-state index in [0.29, 0.717) is 5.56 Å². The number of amides is 1. The van der Waals surface area contributed by atoms with E-state index in [0.717, 1.165) is 48.1 Å². The summed E-state index contributed by atoms with van der Waals surface area (Å²) >= 11 is 0. The SMILES string of the molecule is Cc1cc(C)cc(C(NC(=O)c2noc3c2CCCC3)C(=O)O)c1. The molecule has 1 aromatic carbocycles. The number of aromatic nitrogens is 1. The van der Waals surface area contributed by atoms with E-state index in [2.05, 4.69) is 10.5 Å². The summed E-state index contributed by atoms with van der Waals surface area (Å²) in [6.45, 7) is 3.79. The number of fused-ring (bicyclic) bond motifs is 1. The molecule has 2 aromatic rings. The van der Waals surface area contributed by atoms with Crippen molar-refractivity contribution in [3.63, 3.8) is 0 Å². The second-order valence-corrected chi connectivity index (χ2v) is 6.31. The van der Waals surface area contributed by atoms with Crippen LogP contribution in [-0.4, -0.2) is 22.1 Å². The first-order valence-corrected chi connectivity index (χ1v) is 8.05. The van der Waals surface area contributed by atoms with Gasteiger partial charge in [0.05, 0.1) is 0 Å². The van der Waals surface area contributed by atoms with Crippen LogP contribution in [0.25, 0.3) is 0 Å². The predicted molar refractivity (Wildman–Crippen MR) is 86.9 cm³/mol. The molecule has 2 N–H and O–H groups in total. The highest BCUT2D eigenvalue weighted by atomic mass is 16.5. The third-order valence-electron chi connectivity index (χ3n) is 4.26. The molecule has 0 saturated carbocycles. The van der Waals surface area contributed by atoms with Crippen LogP contribution < -0.4 is 5.32 Å². The Morgan fingerprint density at radius 3 is 2.50 bits per heavy atom. The molecule has 0 fully saturated rings. The van der Waals surface area contributed by atoms with Crippen LogP contribution in [0.15, 0.2) is 22.7 Å². The first kappa shape index (κ1) is 16.2. The zero-order valence-electron chi connectivity index (χ0n) is 13.8. The Morgan fingerprint density at radius 2 is 1.83 bits per heavy atom. The second-order valence-electron chi connectivity index (χ2n) is 6.31. The summed E-state index contributed by atoms with van der Waals surface area (Å²) in [4.78, 5) is 24.2. The molecule has 0 spiro atoms. The van der Waals surface area contributed by atoms with Crippen molar-refractivity contribution in [1.29, 1.82) is 0 Å². The van der Waals surface area contributed by atoms with E-state index in [-0.39, 0.29) is 5.69 Å². The molecule has 1 unspecified atom stereocenters. The van der Waals surface area contributed by atoms with Gasteiger partial charge in [0, 0.05) is 12.0 Å². The molecule has 24 heavy (non-hydrogen) atoms. The van der Waals surface area contributed by atoms with E-state index in [1.54, 1.807) is 12.1 Å². The van der Waals surface area contributed by atoms with Crippen molar-refractivity contribution in [3.8, 4) is 0 Å². The van der Waals surface area contributed by atoms with Gasteiger partial charge in [0.25, 0.3) is 5.91 Å². The zero-order valence-corrected chi connectivity index (χ0v) is 13.8. The van der Waals surface area contributed by atoms with Crippen molar-refractivity contribution in [2.45, 2.75) is 45.6 Å². The predicted octanol–water partition coefficient (Wildman–Crippen LogP) is 2.73.